The predicted octanol–water partition coefficient (Wildman–Crippen LogP) is 1.50. The first-order valence-electron chi connectivity index (χ1n) is 8.99. The van der Waals surface area contributed by atoms with Crippen molar-refractivity contribution >= 4 is 21.6 Å². The van der Waals surface area contributed by atoms with E-state index in [1.807, 2.05) is 6.07 Å². The quantitative estimate of drug-likeness (QED) is 0.803. The van der Waals surface area contributed by atoms with Crippen molar-refractivity contribution in [1.82, 2.24) is 15.1 Å². The molecule has 0 aromatic carbocycles. The van der Waals surface area contributed by atoms with Gasteiger partial charge in [0.1, 0.15) is 0 Å². The van der Waals surface area contributed by atoms with E-state index in [1.165, 1.54) is 11.3 Å². The van der Waals surface area contributed by atoms with Crippen molar-refractivity contribution in [3.63, 3.8) is 0 Å². The van der Waals surface area contributed by atoms with E-state index in [2.05, 4.69) is 22.0 Å². The van der Waals surface area contributed by atoms with Gasteiger partial charge in [-0.05, 0) is 44.2 Å². The van der Waals surface area contributed by atoms with Gasteiger partial charge in [0.25, 0.3) is 5.91 Å². The van der Waals surface area contributed by atoms with Crippen LogP contribution in [-0.4, -0.2) is 66.6 Å². The Morgan fingerprint density at radius 3 is 2.68 bits per heavy atom. The largest absolute Gasteiger partial charge is 0.352 e. The Kier molecular flexibility index (Phi) is 5.27. The molecule has 8 heteroatoms. The zero-order valence-electron chi connectivity index (χ0n) is 14.9. The van der Waals surface area contributed by atoms with Gasteiger partial charge in [-0.3, -0.25) is 4.79 Å². The van der Waals surface area contributed by atoms with Crippen LogP contribution in [0.25, 0.3) is 0 Å². The molecule has 1 amide bonds. The molecule has 1 aromatic heterocycles. The summed E-state index contributed by atoms with van der Waals surface area (Å²) >= 11 is 0. The maximum absolute atomic E-state index is 12.6. The Labute approximate surface area is 149 Å². The second-order valence-corrected chi connectivity index (χ2v) is 9.23. The van der Waals surface area contributed by atoms with E-state index in [9.17, 15) is 13.2 Å². The first-order valence-corrected chi connectivity index (χ1v) is 10.8. The fraction of sp³-hybridized carbons (Fsp3) is 0.706. The topological polar surface area (TPSA) is 83.5 Å². The van der Waals surface area contributed by atoms with E-state index < -0.39 is 9.84 Å². The monoisotopic (exact) mass is 366 g/mol. The standard InChI is InChI=1S/C17H26N4O3S/c1-3-13-6-4-5-10-21(13)16-8-7-15(18-19-16)17(22)20(2)14-9-11-25(23,24)12-14/h7-8,13-14H,3-6,9-12H2,1-2H3. The van der Waals surface area contributed by atoms with Gasteiger partial charge in [-0.1, -0.05) is 6.92 Å². The molecule has 0 N–H and O–H groups in total. The van der Waals surface area contributed by atoms with Crippen LogP contribution in [0.2, 0.25) is 0 Å². The molecule has 138 valence electrons. The number of anilines is 1. The summed E-state index contributed by atoms with van der Waals surface area (Å²) in [5, 5.41) is 8.39. The summed E-state index contributed by atoms with van der Waals surface area (Å²) in [4.78, 5) is 16.3. The van der Waals surface area contributed by atoms with E-state index in [-0.39, 0.29) is 29.1 Å². The van der Waals surface area contributed by atoms with Crippen molar-refractivity contribution in [3.8, 4) is 0 Å². The fourth-order valence-electron chi connectivity index (χ4n) is 3.75. The minimum atomic E-state index is -3.02. The number of carbonyl (C=O) groups excluding carboxylic acids is 1. The molecular weight excluding hydrogens is 340 g/mol. The second kappa shape index (κ2) is 7.27. The van der Waals surface area contributed by atoms with Gasteiger partial charge in [0.05, 0.1) is 11.5 Å². The zero-order chi connectivity index (χ0) is 18.0. The fourth-order valence-corrected chi connectivity index (χ4v) is 5.52. The lowest BCUT2D eigenvalue weighted by Gasteiger charge is -2.35. The lowest BCUT2D eigenvalue weighted by Crippen LogP contribution is -2.40. The SMILES string of the molecule is CCC1CCCCN1c1ccc(C(=O)N(C)C2CCS(=O)(=O)C2)nn1. The lowest BCUT2D eigenvalue weighted by atomic mass is 10.0. The minimum absolute atomic E-state index is 0.0344. The lowest BCUT2D eigenvalue weighted by molar-refractivity contribution is 0.0740. The first-order chi connectivity index (χ1) is 11.9. The summed E-state index contributed by atoms with van der Waals surface area (Å²) in [6.45, 7) is 3.15. The van der Waals surface area contributed by atoms with E-state index in [4.69, 9.17) is 0 Å². The number of hydrogen-bond acceptors (Lipinski definition) is 6. The Morgan fingerprint density at radius 1 is 1.28 bits per heavy atom. The number of amides is 1. The zero-order valence-corrected chi connectivity index (χ0v) is 15.7. The minimum Gasteiger partial charge on any atom is -0.352 e. The number of sulfone groups is 1. The molecule has 2 saturated heterocycles. The average Bonchev–Trinajstić information content (AvgIpc) is 3.00. The van der Waals surface area contributed by atoms with Crippen LogP contribution >= 0.6 is 0 Å². The van der Waals surface area contributed by atoms with E-state index in [0.717, 1.165) is 31.6 Å². The maximum atomic E-state index is 12.6. The third-order valence-electron chi connectivity index (χ3n) is 5.34. The number of hydrogen-bond donors (Lipinski definition) is 0. The van der Waals surface area contributed by atoms with Crippen LogP contribution in [0.1, 0.15) is 49.5 Å². The summed E-state index contributed by atoms with van der Waals surface area (Å²) in [6.07, 6.45) is 5.12. The number of carbonyl (C=O) groups is 1. The number of rotatable bonds is 4. The van der Waals surface area contributed by atoms with Gasteiger partial charge in [0, 0.05) is 25.7 Å². The number of piperidine rings is 1. The van der Waals surface area contributed by atoms with Gasteiger partial charge >= 0.3 is 0 Å². The summed E-state index contributed by atoms with van der Waals surface area (Å²) < 4.78 is 23.2. The van der Waals surface area contributed by atoms with Gasteiger partial charge in [-0.25, -0.2) is 8.42 Å². The predicted molar refractivity (Wildman–Crippen MR) is 96.5 cm³/mol. The Balaban J connectivity index is 1.70. The van der Waals surface area contributed by atoms with Crippen LogP contribution in [0.4, 0.5) is 5.82 Å². The van der Waals surface area contributed by atoms with Crippen LogP contribution in [0.5, 0.6) is 0 Å². The maximum Gasteiger partial charge on any atom is 0.274 e. The Hall–Kier alpha value is -1.70. The molecule has 2 aliphatic rings. The first kappa shape index (κ1) is 18.1. The van der Waals surface area contributed by atoms with Gasteiger partial charge < -0.3 is 9.80 Å². The van der Waals surface area contributed by atoms with Gasteiger partial charge in [-0.15, -0.1) is 10.2 Å². The normalized spacial score (nSPS) is 25.8. The van der Waals surface area contributed by atoms with Crippen LogP contribution in [0.15, 0.2) is 12.1 Å². The highest BCUT2D eigenvalue weighted by molar-refractivity contribution is 7.91. The van der Waals surface area contributed by atoms with Crippen molar-refractivity contribution in [2.45, 2.75) is 51.1 Å². The molecule has 25 heavy (non-hydrogen) atoms. The molecule has 0 saturated carbocycles. The molecule has 7 nitrogen and oxygen atoms in total. The van der Waals surface area contributed by atoms with Gasteiger partial charge in [0.15, 0.2) is 21.3 Å². The molecule has 0 spiro atoms. The Morgan fingerprint density at radius 2 is 2.08 bits per heavy atom. The average molecular weight is 366 g/mol. The number of nitrogens with zero attached hydrogens (tertiary/aromatic N) is 4. The van der Waals surface area contributed by atoms with E-state index >= 15 is 0 Å². The molecule has 2 fully saturated rings. The Bertz CT molecular complexity index is 720. The summed E-state index contributed by atoms with van der Waals surface area (Å²) in [7, 11) is -1.38. The van der Waals surface area contributed by atoms with Crippen molar-refractivity contribution < 1.29 is 13.2 Å². The van der Waals surface area contributed by atoms with Crippen molar-refractivity contribution in [2.24, 2.45) is 0 Å². The van der Waals surface area contributed by atoms with Crippen molar-refractivity contribution in [3.05, 3.63) is 17.8 Å². The highest BCUT2D eigenvalue weighted by atomic mass is 32.2. The molecule has 2 aliphatic heterocycles. The van der Waals surface area contributed by atoms with Crippen molar-refractivity contribution in [2.75, 3.05) is 30.0 Å². The molecule has 2 unspecified atom stereocenters. The summed E-state index contributed by atoms with van der Waals surface area (Å²) in [5.74, 6) is 0.723. The van der Waals surface area contributed by atoms with Gasteiger partial charge in [-0.2, -0.15) is 0 Å². The van der Waals surface area contributed by atoms with E-state index in [0.29, 0.717) is 12.5 Å². The van der Waals surface area contributed by atoms with Crippen molar-refractivity contribution in [1.29, 1.82) is 0 Å². The molecule has 0 aliphatic carbocycles. The molecule has 1 aromatic rings. The molecular formula is C17H26N4O3S. The molecule has 2 atom stereocenters. The van der Waals surface area contributed by atoms with Crippen LogP contribution in [-0.2, 0) is 9.84 Å². The molecule has 0 radical (unpaired) electrons. The highest BCUT2D eigenvalue weighted by Crippen LogP contribution is 2.25. The summed E-state index contributed by atoms with van der Waals surface area (Å²) in [6, 6.07) is 3.76. The van der Waals surface area contributed by atoms with Crippen LogP contribution in [0, 0.1) is 0 Å². The third kappa shape index (κ3) is 3.94. The van der Waals surface area contributed by atoms with E-state index in [1.54, 1.807) is 13.1 Å². The molecule has 3 heterocycles. The smallest absolute Gasteiger partial charge is 0.274 e. The molecule has 0 bridgehead atoms. The highest BCUT2D eigenvalue weighted by Gasteiger charge is 2.33. The molecule has 3 rings (SSSR count). The third-order valence-corrected chi connectivity index (χ3v) is 7.09. The van der Waals surface area contributed by atoms with Crippen LogP contribution in [0.3, 0.4) is 0 Å². The van der Waals surface area contributed by atoms with Gasteiger partial charge in [0.2, 0.25) is 0 Å². The van der Waals surface area contributed by atoms with Crippen LogP contribution < -0.4 is 4.90 Å². The second-order valence-electron chi connectivity index (χ2n) is 7.00. The summed E-state index contributed by atoms with van der Waals surface area (Å²) in [5.41, 5.74) is 0.264. The number of aromatic nitrogens is 2.